The summed E-state index contributed by atoms with van der Waals surface area (Å²) in [6.07, 6.45) is 1.28. The molecule has 1 aromatic rings. The molecule has 1 aromatic carbocycles. The number of hydrogen-bond acceptors (Lipinski definition) is 4. The summed E-state index contributed by atoms with van der Waals surface area (Å²) in [5, 5.41) is 16.9. The van der Waals surface area contributed by atoms with Gasteiger partial charge in [-0.1, -0.05) is 28.6 Å². The molecule has 0 saturated heterocycles. The number of nitrogens with zero attached hydrogens (tertiary/aromatic N) is 3. The van der Waals surface area contributed by atoms with Gasteiger partial charge >= 0.3 is 0 Å². The molecular weight excluding hydrogens is 269 g/mol. The van der Waals surface area contributed by atoms with Crippen LogP contribution in [0.2, 0.25) is 10.0 Å². The van der Waals surface area contributed by atoms with Gasteiger partial charge in [0.1, 0.15) is 0 Å². The van der Waals surface area contributed by atoms with Gasteiger partial charge in [-0.15, -0.1) is 5.10 Å². The van der Waals surface area contributed by atoms with Crippen molar-refractivity contribution in [2.75, 3.05) is 0 Å². The van der Waals surface area contributed by atoms with Crippen molar-refractivity contribution in [2.24, 2.45) is 15.9 Å². The minimum Gasteiger partial charge on any atom is -0.364 e. The second kappa shape index (κ2) is 6.02. The molecular formula is C8H7Cl2N5O2. The van der Waals surface area contributed by atoms with Crippen LogP contribution in [0.15, 0.2) is 28.4 Å². The lowest BCUT2D eigenvalue weighted by molar-refractivity contribution is -0.525. The summed E-state index contributed by atoms with van der Waals surface area (Å²) in [5.41, 5.74) is 7.29. The van der Waals surface area contributed by atoms with Gasteiger partial charge in [0, 0.05) is 15.6 Å². The van der Waals surface area contributed by atoms with Gasteiger partial charge in [-0.3, -0.25) is 0 Å². The van der Waals surface area contributed by atoms with Gasteiger partial charge in [-0.05, 0) is 18.2 Å². The van der Waals surface area contributed by atoms with E-state index in [2.05, 4.69) is 10.2 Å². The number of benzene rings is 1. The Morgan fingerprint density at radius 2 is 2.24 bits per heavy atom. The van der Waals surface area contributed by atoms with E-state index < -0.39 is 11.0 Å². The summed E-state index contributed by atoms with van der Waals surface area (Å²) in [6.45, 7) is 0. The third-order valence-corrected chi connectivity index (χ3v) is 2.11. The topological polar surface area (TPSA) is 106 Å². The molecule has 3 N–H and O–H groups in total. The Kier molecular flexibility index (Phi) is 4.68. The molecule has 7 nitrogen and oxygen atoms in total. The van der Waals surface area contributed by atoms with Gasteiger partial charge in [-0.25, -0.2) is 10.1 Å². The standard InChI is InChI=1S/C8H7Cl2N5O2/c9-6-1-2-7(10)5(3-6)4-12-13-8(11)14-15(16)17/h1-4H,(H3,11,13,14). The third-order valence-electron chi connectivity index (χ3n) is 1.53. The average Bonchev–Trinajstić information content (AvgIpc) is 2.22. The van der Waals surface area contributed by atoms with Crippen LogP contribution < -0.4 is 11.2 Å². The highest BCUT2D eigenvalue weighted by molar-refractivity contribution is 6.35. The first-order valence-corrected chi connectivity index (χ1v) is 4.97. The van der Waals surface area contributed by atoms with Gasteiger partial charge < -0.3 is 5.73 Å². The van der Waals surface area contributed by atoms with Crippen molar-refractivity contribution in [3.8, 4) is 0 Å². The van der Waals surface area contributed by atoms with E-state index in [4.69, 9.17) is 28.9 Å². The maximum absolute atomic E-state index is 9.98. The molecule has 0 spiro atoms. The molecule has 0 bridgehead atoms. The average molecular weight is 276 g/mol. The molecule has 0 aliphatic heterocycles. The van der Waals surface area contributed by atoms with Crippen LogP contribution in [0.25, 0.3) is 0 Å². The Morgan fingerprint density at radius 3 is 2.88 bits per heavy atom. The largest absolute Gasteiger partial charge is 0.364 e. The van der Waals surface area contributed by atoms with E-state index in [9.17, 15) is 10.1 Å². The maximum atomic E-state index is 9.98. The van der Waals surface area contributed by atoms with E-state index in [1.54, 1.807) is 23.6 Å². The molecule has 0 radical (unpaired) electrons. The number of guanidine groups is 1. The highest BCUT2D eigenvalue weighted by Crippen LogP contribution is 2.18. The van der Waals surface area contributed by atoms with Gasteiger partial charge in [0.2, 0.25) is 0 Å². The van der Waals surface area contributed by atoms with E-state index in [-0.39, 0.29) is 0 Å². The molecule has 0 aliphatic rings. The summed E-state index contributed by atoms with van der Waals surface area (Å²) in [5.74, 6) is -0.440. The highest BCUT2D eigenvalue weighted by atomic mass is 35.5. The lowest BCUT2D eigenvalue weighted by Crippen LogP contribution is -2.35. The predicted molar refractivity (Wildman–Crippen MR) is 65.8 cm³/mol. The molecule has 17 heavy (non-hydrogen) atoms. The van der Waals surface area contributed by atoms with Crippen molar-refractivity contribution in [2.45, 2.75) is 0 Å². The van der Waals surface area contributed by atoms with Crippen molar-refractivity contribution < 1.29 is 5.03 Å². The first kappa shape index (κ1) is 13.2. The van der Waals surface area contributed by atoms with Gasteiger partial charge in [0.15, 0.2) is 5.03 Å². The fourth-order valence-corrected chi connectivity index (χ4v) is 1.23. The maximum Gasteiger partial charge on any atom is 0.275 e. The summed E-state index contributed by atoms with van der Waals surface area (Å²) >= 11 is 11.6. The molecule has 0 unspecified atom stereocenters. The fourth-order valence-electron chi connectivity index (χ4n) is 0.883. The van der Waals surface area contributed by atoms with Crippen molar-refractivity contribution >= 4 is 35.4 Å². The van der Waals surface area contributed by atoms with Crippen molar-refractivity contribution in [1.82, 2.24) is 5.43 Å². The first-order valence-electron chi connectivity index (χ1n) is 4.21. The van der Waals surface area contributed by atoms with Gasteiger partial charge in [-0.2, -0.15) is 5.10 Å². The van der Waals surface area contributed by atoms with Crippen LogP contribution in [-0.2, 0) is 0 Å². The highest BCUT2D eigenvalue weighted by Gasteiger charge is 1.99. The third kappa shape index (κ3) is 4.66. The second-order valence-corrected chi connectivity index (χ2v) is 3.61. The van der Waals surface area contributed by atoms with E-state index in [1.807, 2.05) is 0 Å². The number of halogens is 2. The number of nitrogens with one attached hydrogen (secondary N) is 1. The molecule has 0 fully saturated rings. The minimum absolute atomic E-state index is 0.425. The zero-order chi connectivity index (χ0) is 12.8. The van der Waals surface area contributed by atoms with E-state index in [0.29, 0.717) is 15.6 Å². The van der Waals surface area contributed by atoms with E-state index in [0.717, 1.165) is 0 Å². The predicted octanol–water partition coefficient (Wildman–Crippen LogP) is 1.42. The van der Waals surface area contributed by atoms with Crippen LogP contribution in [-0.4, -0.2) is 17.2 Å². The number of hydrazine groups is 1. The van der Waals surface area contributed by atoms with Crippen molar-refractivity contribution in [1.29, 1.82) is 0 Å². The molecule has 0 aliphatic carbocycles. The molecule has 90 valence electrons. The number of rotatable bonds is 3. The SMILES string of the molecule is NC(=NN=Cc1cc(Cl)ccc1Cl)N[N+](=O)[O-]. The van der Waals surface area contributed by atoms with Crippen LogP contribution >= 0.6 is 23.2 Å². The molecule has 9 heteroatoms. The molecule has 0 saturated carbocycles. The number of nitrogens with two attached hydrogens (primary N) is 1. The van der Waals surface area contributed by atoms with Crippen LogP contribution in [0, 0.1) is 10.1 Å². The fraction of sp³-hybridized carbons (Fsp3) is 0. The zero-order valence-electron chi connectivity index (χ0n) is 8.30. The van der Waals surface area contributed by atoms with Crippen molar-refractivity contribution in [3.63, 3.8) is 0 Å². The second-order valence-electron chi connectivity index (χ2n) is 2.76. The first-order chi connectivity index (χ1) is 7.99. The molecule has 0 amide bonds. The Bertz CT molecular complexity index is 489. The Morgan fingerprint density at radius 1 is 1.53 bits per heavy atom. The van der Waals surface area contributed by atoms with Crippen LogP contribution in [0.5, 0.6) is 0 Å². The van der Waals surface area contributed by atoms with Gasteiger partial charge in [0.05, 0.1) is 6.21 Å². The molecule has 0 atom stereocenters. The zero-order valence-corrected chi connectivity index (χ0v) is 9.81. The number of hydrogen-bond donors (Lipinski definition) is 2. The lowest BCUT2D eigenvalue weighted by atomic mass is 10.2. The Labute approximate surface area is 106 Å². The quantitative estimate of drug-likeness (QED) is 0.377. The van der Waals surface area contributed by atoms with Gasteiger partial charge in [0.25, 0.3) is 5.96 Å². The Hall–Kier alpha value is -1.86. The summed E-state index contributed by atoms with van der Waals surface area (Å²) in [7, 11) is 0. The smallest absolute Gasteiger partial charge is 0.275 e. The monoisotopic (exact) mass is 275 g/mol. The lowest BCUT2D eigenvalue weighted by Gasteiger charge is -1.97. The van der Waals surface area contributed by atoms with Crippen molar-refractivity contribution in [3.05, 3.63) is 43.9 Å². The molecule has 1 rings (SSSR count). The van der Waals surface area contributed by atoms with Crippen LogP contribution in [0.3, 0.4) is 0 Å². The molecule has 0 heterocycles. The summed E-state index contributed by atoms with van der Waals surface area (Å²) in [4.78, 5) is 9.98. The Balaban J connectivity index is 2.77. The molecule has 0 aromatic heterocycles. The number of nitro groups is 1. The van der Waals surface area contributed by atoms with E-state index in [1.165, 1.54) is 6.21 Å². The van der Waals surface area contributed by atoms with Crippen LogP contribution in [0.1, 0.15) is 5.56 Å². The van der Waals surface area contributed by atoms with Crippen LogP contribution in [0.4, 0.5) is 0 Å². The minimum atomic E-state index is -0.847. The normalized spacial score (nSPS) is 11.8. The summed E-state index contributed by atoms with van der Waals surface area (Å²) in [6, 6.07) is 4.78. The summed E-state index contributed by atoms with van der Waals surface area (Å²) < 4.78 is 0. The van der Waals surface area contributed by atoms with E-state index >= 15 is 0 Å².